The number of rotatable bonds is 5. The van der Waals surface area contributed by atoms with Crippen molar-refractivity contribution in [3.05, 3.63) is 129 Å². The van der Waals surface area contributed by atoms with Gasteiger partial charge in [0, 0.05) is 23.3 Å². The fourth-order valence-electron chi connectivity index (χ4n) is 3.83. The third-order valence-corrected chi connectivity index (χ3v) is 5.51. The molecule has 6 nitrogen and oxygen atoms in total. The van der Waals surface area contributed by atoms with Crippen LogP contribution in [0.1, 0.15) is 22.6 Å². The third-order valence-electron chi connectivity index (χ3n) is 5.51. The van der Waals surface area contributed by atoms with E-state index >= 15 is 0 Å². The van der Waals surface area contributed by atoms with Crippen LogP contribution in [0, 0.1) is 22.0 Å². The molecule has 0 amide bonds. The van der Waals surface area contributed by atoms with Crippen LogP contribution in [-0.4, -0.2) is 24.1 Å². The lowest BCUT2D eigenvalue weighted by Gasteiger charge is -2.21. The molecule has 4 rings (SSSR count). The van der Waals surface area contributed by atoms with Crippen LogP contribution >= 0.6 is 0 Å². The van der Waals surface area contributed by atoms with Gasteiger partial charge in [0.1, 0.15) is 11.9 Å². The molecule has 2 atom stereocenters. The van der Waals surface area contributed by atoms with Crippen LogP contribution < -0.4 is 0 Å². The van der Waals surface area contributed by atoms with Gasteiger partial charge in [-0.05, 0) is 17.7 Å². The minimum Gasteiger partial charge on any atom is -0.483 e. The van der Waals surface area contributed by atoms with Crippen molar-refractivity contribution < 1.29 is 19.2 Å². The number of nitro groups is 1. The van der Waals surface area contributed by atoms with Crippen LogP contribution in [0.2, 0.25) is 0 Å². The first-order chi connectivity index (χ1) is 16.5. The molecule has 0 bridgehead atoms. The van der Waals surface area contributed by atoms with Crippen molar-refractivity contribution in [3.63, 3.8) is 0 Å². The van der Waals surface area contributed by atoms with Gasteiger partial charge in [0.2, 0.25) is 0 Å². The molecule has 0 radical (unpaired) electrons. The number of carbonyl (C=O) groups excluding carboxylic acids is 1. The Morgan fingerprint density at radius 2 is 1.59 bits per heavy atom. The van der Waals surface area contributed by atoms with Gasteiger partial charge in [-0.2, -0.15) is 0 Å². The van der Waals surface area contributed by atoms with Crippen molar-refractivity contribution in [2.24, 2.45) is 0 Å². The minimum absolute atomic E-state index is 0.00413. The monoisotopic (exact) mass is 451 g/mol. The van der Waals surface area contributed by atoms with Crippen molar-refractivity contribution in [2.75, 3.05) is 7.11 Å². The summed E-state index contributed by atoms with van der Waals surface area (Å²) in [4.78, 5) is 22.9. The summed E-state index contributed by atoms with van der Waals surface area (Å²) >= 11 is 0. The molecule has 1 heterocycles. The Morgan fingerprint density at radius 3 is 2.18 bits per heavy atom. The molecule has 3 aromatic carbocycles. The number of benzene rings is 3. The fraction of sp³-hybridized carbons (Fsp3) is 0.107. The molecule has 168 valence electrons. The summed E-state index contributed by atoms with van der Waals surface area (Å²) in [6.07, 6.45) is -0.703. The first-order valence-electron chi connectivity index (χ1n) is 10.5. The standard InChI is InChI=1S/C28H21NO5/c1-19(28(30)33-2)26-25(21-9-5-3-6-10-21)24(27(34-26)22-11-7-4-8-12-22)18-15-20-13-16-23(17-14-20)29(31)32/h3-14,16-17,25-26H,1H2,2H3/t25-,26+/m0/s1. The Bertz CT molecular complexity index is 1320. The first-order valence-corrected chi connectivity index (χ1v) is 10.5. The van der Waals surface area contributed by atoms with Crippen LogP contribution in [-0.2, 0) is 14.3 Å². The highest BCUT2D eigenvalue weighted by Gasteiger charge is 2.41. The topological polar surface area (TPSA) is 78.7 Å². The largest absolute Gasteiger partial charge is 0.483 e. The highest BCUT2D eigenvalue weighted by atomic mass is 16.6. The molecule has 34 heavy (non-hydrogen) atoms. The van der Waals surface area contributed by atoms with Gasteiger partial charge in [0.15, 0.2) is 0 Å². The van der Waals surface area contributed by atoms with Crippen LogP contribution in [0.5, 0.6) is 0 Å². The molecule has 0 unspecified atom stereocenters. The summed E-state index contributed by atoms with van der Waals surface area (Å²) in [5.74, 6) is 5.93. The molecule has 0 aliphatic carbocycles. The lowest BCUT2D eigenvalue weighted by molar-refractivity contribution is -0.384. The Hall–Kier alpha value is -4.63. The summed E-state index contributed by atoms with van der Waals surface area (Å²) in [5.41, 5.74) is 3.22. The zero-order valence-corrected chi connectivity index (χ0v) is 18.4. The zero-order valence-electron chi connectivity index (χ0n) is 18.4. The summed E-state index contributed by atoms with van der Waals surface area (Å²) in [6.45, 7) is 3.95. The average molecular weight is 451 g/mol. The van der Waals surface area contributed by atoms with Crippen molar-refractivity contribution in [2.45, 2.75) is 12.0 Å². The Labute approximate surface area is 197 Å². The van der Waals surface area contributed by atoms with Crippen molar-refractivity contribution in [1.29, 1.82) is 0 Å². The van der Waals surface area contributed by atoms with E-state index in [1.54, 1.807) is 12.1 Å². The van der Waals surface area contributed by atoms with E-state index in [1.165, 1.54) is 19.2 Å². The predicted octanol–water partition coefficient (Wildman–Crippen LogP) is 5.27. The van der Waals surface area contributed by atoms with Crippen LogP contribution in [0.3, 0.4) is 0 Å². The SMILES string of the molecule is C=C(C(=O)OC)[C@H]1OC(c2ccccc2)=C(C#Cc2ccc([N+](=O)[O-])cc2)[C@@H]1c1ccccc1. The van der Waals surface area contributed by atoms with E-state index in [0.29, 0.717) is 16.9 Å². The molecular weight excluding hydrogens is 430 g/mol. The molecule has 0 saturated carbocycles. The summed E-state index contributed by atoms with van der Waals surface area (Å²) in [7, 11) is 1.31. The van der Waals surface area contributed by atoms with Crippen molar-refractivity contribution in [3.8, 4) is 11.8 Å². The first kappa shape index (κ1) is 22.6. The molecule has 3 aromatic rings. The second-order valence-electron chi connectivity index (χ2n) is 7.61. The van der Waals surface area contributed by atoms with E-state index in [-0.39, 0.29) is 11.3 Å². The molecule has 0 saturated heterocycles. The molecule has 0 spiro atoms. The number of non-ortho nitro benzene ring substituents is 1. The van der Waals surface area contributed by atoms with Gasteiger partial charge in [0.25, 0.3) is 5.69 Å². The van der Waals surface area contributed by atoms with E-state index in [4.69, 9.17) is 9.47 Å². The number of nitro benzene ring substituents is 1. The normalized spacial score (nSPS) is 16.7. The maximum absolute atomic E-state index is 12.4. The summed E-state index contributed by atoms with van der Waals surface area (Å²) in [6, 6.07) is 25.2. The molecule has 1 aliphatic heterocycles. The smallest absolute Gasteiger partial charge is 0.336 e. The highest BCUT2D eigenvalue weighted by Crippen LogP contribution is 2.45. The Morgan fingerprint density at radius 1 is 0.971 bits per heavy atom. The van der Waals surface area contributed by atoms with Crippen LogP contribution in [0.4, 0.5) is 5.69 Å². The Kier molecular flexibility index (Phi) is 6.56. The molecule has 6 heteroatoms. The lowest BCUT2D eigenvalue weighted by atomic mass is 9.84. The maximum atomic E-state index is 12.4. The number of ether oxygens (including phenoxy) is 2. The molecular formula is C28H21NO5. The molecule has 0 N–H and O–H groups in total. The summed E-state index contributed by atoms with van der Waals surface area (Å²) < 4.78 is 11.3. The lowest BCUT2D eigenvalue weighted by Crippen LogP contribution is -2.24. The molecule has 1 aliphatic rings. The fourth-order valence-corrected chi connectivity index (χ4v) is 3.83. The molecule has 0 aromatic heterocycles. The van der Waals surface area contributed by atoms with Crippen molar-refractivity contribution >= 4 is 17.4 Å². The number of hydrogen-bond donors (Lipinski definition) is 0. The zero-order chi connectivity index (χ0) is 24.1. The van der Waals surface area contributed by atoms with Crippen LogP contribution in [0.15, 0.2) is 103 Å². The number of esters is 1. The number of carbonyl (C=O) groups is 1. The van der Waals surface area contributed by atoms with Gasteiger partial charge in [0.05, 0.1) is 29.1 Å². The van der Waals surface area contributed by atoms with Gasteiger partial charge in [-0.1, -0.05) is 79.1 Å². The van der Waals surface area contributed by atoms with Gasteiger partial charge < -0.3 is 9.47 Å². The number of hydrogen-bond acceptors (Lipinski definition) is 5. The van der Waals surface area contributed by atoms with Crippen molar-refractivity contribution in [1.82, 2.24) is 0 Å². The second kappa shape index (κ2) is 9.88. The molecule has 0 fully saturated rings. The number of methoxy groups -OCH3 is 1. The van der Waals surface area contributed by atoms with E-state index in [9.17, 15) is 14.9 Å². The summed E-state index contributed by atoms with van der Waals surface area (Å²) in [5, 5.41) is 11.0. The minimum atomic E-state index is -0.703. The quantitative estimate of drug-likeness (QED) is 0.174. The van der Waals surface area contributed by atoms with E-state index < -0.39 is 22.9 Å². The van der Waals surface area contributed by atoms with E-state index in [2.05, 4.69) is 18.4 Å². The third kappa shape index (κ3) is 4.59. The van der Waals surface area contributed by atoms with Gasteiger partial charge in [-0.15, -0.1) is 0 Å². The maximum Gasteiger partial charge on any atom is 0.336 e. The van der Waals surface area contributed by atoms with Crippen LogP contribution in [0.25, 0.3) is 5.76 Å². The van der Waals surface area contributed by atoms with Gasteiger partial charge in [-0.25, -0.2) is 4.79 Å². The predicted molar refractivity (Wildman–Crippen MR) is 129 cm³/mol. The van der Waals surface area contributed by atoms with E-state index in [0.717, 1.165) is 11.1 Å². The van der Waals surface area contributed by atoms with Gasteiger partial charge >= 0.3 is 5.97 Å². The Balaban J connectivity index is 1.85. The highest BCUT2D eigenvalue weighted by molar-refractivity contribution is 5.90. The second-order valence-corrected chi connectivity index (χ2v) is 7.61. The van der Waals surface area contributed by atoms with E-state index in [1.807, 2.05) is 60.7 Å². The average Bonchev–Trinajstić information content (AvgIpc) is 3.27. The van der Waals surface area contributed by atoms with Gasteiger partial charge in [-0.3, -0.25) is 10.1 Å². The number of nitrogens with zero attached hydrogens (tertiary/aromatic N) is 1.